The lowest BCUT2D eigenvalue weighted by Crippen LogP contribution is -2.19. The lowest BCUT2D eigenvalue weighted by atomic mass is 10.1. The summed E-state index contributed by atoms with van der Waals surface area (Å²) in [6, 6.07) is 13.9. The summed E-state index contributed by atoms with van der Waals surface area (Å²) in [5, 5.41) is 15.1. The van der Waals surface area contributed by atoms with Crippen LogP contribution in [-0.4, -0.2) is 11.1 Å². The van der Waals surface area contributed by atoms with Gasteiger partial charge in [-0.05, 0) is 48.9 Å². The van der Waals surface area contributed by atoms with E-state index in [9.17, 15) is 9.90 Å². The zero-order chi connectivity index (χ0) is 14.5. The highest BCUT2D eigenvalue weighted by Gasteiger charge is 2.05. The average Bonchev–Trinajstić information content (AvgIpc) is 2.41. The predicted molar refractivity (Wildman–Crippen MR) is 79.8 cm³/mol. The summed E-state index contributed by atoms with van der Waals surface area (Å²) in [7, 11) is 0. The minimum Gasteiger partial charge on any atom is -0.508 e. The van der Waals surface area contributed by atoms with Crippen molar-refractivity contribution in [2.75, 3.05) is 10.6 Å². The fourth-order valence-corrected chi connectivity index (χ4v) is 1.89. The number of primary amides is 1. The van der Waals surface area contributed by atoms with E-state index in [0.29, 0.717) is 5.69 Å². The third kappa shape index (κ3) is 3.65. The number of carbonyl (C=O) groups excluding carboxylic acids is 1. The highest BCUT2D eigenvalue weighted by Crippen LogP contribution is 2.22. The second kappa shape index (κ2) is 5.97. The van der Waals surface area contributed by atoms with Crippen molar-refractivity contribution in [2.45, 2.75) is 13.0 Å². The van der Waals surface area contributed by atoms with Gasteiger partial charge in [-0.3, -0.25) is 0 Å². The van der Waals surface area contributed by atoms with Gasteiger partial charge in [0, 0.05) is 17.4 Å². The molecule has 0 fully saturated rings. The summed E-state index contributed by atoms with van der Waals surface area (Å²) in [5.74, 6) is 0.253. The lowest BCUT2D eigenvalue weighted by Gasteiger charge is -2.16. The number of nitrogens with one attached hydrogen (secondary N) is 2. The van der Waals surface area contributed by atoms with Crippen molar-refractivity contribution in [3.8, 4) is 5.75 Å². The Morgan fingerprint density at radius 1 is 1.05 bits per heavy atom. The van der Waals surface area contributed by atoms with Crippen molar-refractivity contribution >= 4 is 17.4 Å². The first-order valence-electron chi connectivity index (χ1n) is 6.26. The zero-order valence-electron chi connectivity index (χ0n) is 11.1. The number of aromatic hydroxyl groups is 1. The van der Waals surface area contributed by atoms with Crippen molar-refractivity contribution < 1.29 is 9.90 Å². The maximum atomic E-state index is 10.7. The highest BCUT2D eigenvalue weighted by molar-refractivity contribution is 5.87. The molecular formula is C15H17N3O2. The van der Waals surface area contributed by atoms with Crippen LogP contribution >= 0.6 is 0 Å². The first-order chi connectivity index (χ1) is 9.54. The second-order valence-corrected chi connectivity index (χ2v) is 4.52. The van der Waals surface area contributed by atoms with Gasteiger partial charge in [0.15, 0.2) is 0 Å². The Bertz CT molecular complexity index is 579. The Morgan fingerprint density at radius 3 is 2.15 bits per heavy atom. The Kier molecular flexibility index (Phi) is 4.10. The fraction of sp³-hybridized carbons (Fsp3) is 0.133. The fourth-order valence-electron chi connectivity index (χ4n) is 1.89. The molecule has 0 saturated heterocycles. The van der Waals surface area contributed by atoms with Crippen molar-refractivity contribution in [3.63, 3.8) is 0 Å². The van der Waals surface area contributed by atoms with Gasteiger partial charge in [0.05, 0.1) is 0 Å². The van der Waals surface area contributed by atoms with E-state index >= 15 is 0 Å². The number of hydrogen-bond donors (Lipinski definition) is 4. The highest BCUT2D eigenvalue weighted by atomic mass is 16.3. The third-order valence-electron chi connectivity index (χ3n) is 2.93. The number of rotatable bonds is 4. The normalized spacial score (nSPS) is 11.7. The molecule has 2 aromatic rings. The van der Waals surface area contributed by atoms with E-state index in [1.54, 1.807) is 24.3 Å². The van der Waals surface area contributed by atoms with Crippen molar-refractivity contribution in [1.82, 2.24) is 0 Å². The van der Waals surface area contributed by atoms with Crippen LogP contribution in [0.5, 0.6) is 5.75 Å². The molecule has 2 aromatic carbocycles. The van der Waals surface area contributed by atoms with Crippen LogP contribution in [0.2, 0.25) is 0 Å². The molecule has 1 atom stereocenters. The van der Waals surface area contributed by atoms with E-state index in [4.69, 9.17) is 5.73 Å². The van der Waals surface area contributed by atoms with Crippen LogP contribution in [0.1, 0.15) is 18.5 Å². The van der Waals surface area contributed by atoms with Gasteiger partial charge < -0.3 is 21.5 Å². The number of phenolic OH excluding ortho intramolecular Hbond substituents is 1. The molecule has 0 heterocycles. The first kappa shape index (κ1) is 13.7. The van der Waals surface area contributed by atoms with E-state index in [-0.39, 0.29) is 11.8 Å². The van der Waals surface area contributed by atoms with Gasteiger partial charge in [0.1, 0.15) is 5.75 Å². The van der Waals surface area contributed by atoms with Crippen molar-refractivity contribution in [3.05, 3.63) is 54.1 Å². The smallest absolute Gasteiger partial charge is 0.316 e. The topological polar surface area (TPSA) is 87.4 Å². The zero-order valence-corrected chi connectivity index (χ0v) is 11.1. The standard InChI is InChI=1S/C15H17N3O2/c1-10(11-2-8-14(19)9-3-11)17-12-4-6-13(7-5-12)18-15(16)20/h2-10,17,19H,1H3,(H3,16,18,20). The van der Waals surface area contributed by atoms with Gasteiger partial charge >= 0.3 is 6.03 Å². The van der Waals surface area contributed by atoms with Crippen LogP contribution in [0.15, 0.2) is 48.5 Å². The minimum atomic E-state index is -0.580. The number of phenols is 1. The molecule has 0 bridgehead atoms. The van der Waals surface area contributed by atoms with Crippen LogP contribution in [0.25, 0.3) is 0 Å². The molecule has 0 radical (unpaired) electrons. The van der Waals surface area contributed by atoms with E-state index in [1.807, 2.05) is 31.2 Å². The monoisotopic (exact) mass is 271 g/mol. The van der Waals surface area contributed by atoms with Gasteiger partial charge in [-0.25, -0.2) is 4.79 Å². The summed E-state index contributed by atoms with van der Waals surface area (Å²) < 4.78 is 0. The van der Waals surface area contributed by atoms with Crippen molar-refractivity contribution in [2.24, 2.45) is 5.73 Å². The molecule has 104 valence electrons. The van der Waals surface area contributed by atoms with Gasteiger partial charge in [0.2, 0.25) is 0 Å². The number of urea groups is 1. The van der Waals surface area contributed by atoms with E-state index in [1.165, 1.54) is 0 Å². The lowest BCUT2D eigenvalue weighted by molar-refractivity contribution is 0.259. The molecule has 20 heavy (non-hydrogen) atoms. The van der Waals surface area contributed by atoms with Crippen molar-refractivity contribution in [1.29, 1.82) is 0 Å². The largest absolute Gasteiger partial charge is 0.508 e. The van der Waals surface area contributed by atoms with Crippen LogP contribution in [-0.2, 0) is 0 Å². The Balaban J connectivity index is 2.02. The summed E-state index contributed by atoms with van der Waals surface area (Å²) in [5.41, 5.74) is 7.70. The summed E-state index contributed by atoms with van der Waals surface area (Å²) in [6.45, 7) is 2.03. The SMILES string of the molecule is CC(Nc1ccc(NC(N)=O)cc1)c1ccc(O)cc1. The number of anilines is 2. The van der Waals surface area contributed by atoms with E-state index in [0.717, 1.165) is 11.3 Å². The van der Waals surface area contributed by atoms with Gasteiger partial charge in [0.25, 0.3) is 0 Å². The summed E-state index contributed by atoms with van der Waals surface area (Å²) in [4.78, 5) is 10.7. The quantitative estimate of drug-likeness (QED) is 0.689. The number of nitrogens with two attached hydrogens (primary N) is 1. The van der Waals surface area contributed by atoms with Gasteiger partial charge in [-0.2, -0.15) is 0 Å². The molecule has 2 rings (SSSR count). The van der Waals surface area contributed by atoms with Crippen LogP contribution in [0.4, 0.5) is 16.2 Å². The predicted octanol–water partition coefficient (Wildman–Crippen LogP) is 3.06. The molecule has 0 aromatic heterocycles. The molecule has 5 nitrogen and oxygen atoms in total. The molecule has 0 aliphatic carbocycles. The van der Waals surface area contributed by atoms with E-state index in [2.05, 4.69) is 10.6 Å². The van der Waals surface area contributed by atoms with Crippen LogP contribution in [0.3, 0.4) is 0 Å². The summed E-state index contributed by atoms with van der Waals surface area (Å²) >= 11 is 0. The average molecular weight is 271 g/mol. The van der Waals surface area contributed by atoms with Gasteiger partial charge in [-0.1, -0.05) is 12.1 Å². The number of hydrogen-bond acceptors (Lipinski definition) is 3. The van der Waals surface area contributed by atoms with Crippen LogP contribution < -0.4 is 16.4 Å². The third-order valence-corrected chi connectivity index (χ3v) is 2.93. The maximum Gasteiger partial charge on any atom is 0.316 e. The Hall–Kier alpha value is -2.69. The molecule has 0 aliphatic heterocycles. The minimum absolute atomic E-state index is 0.102. The number of benzene rings is 2. The molecule has 2 amide bonds. The second-order valence-electron chi connectivity index (χ2n) is 4.52. The van der Waals surface area contributed by atoms with Gasteiger partial charge in [-0.15, -0.1) is 0 Å². The molecule has 5 heteroatoms. The molecule has 0 spiro atoms. The number of amides is 2. The number of carbonyl (C=O) groups is 1. The Morgan fingerprint density at radius 2 is 1.60 bits per heavy atom. The molecule has 5 N–H and O–H groups in total. The van der Waals surface area contributed by atoms with Crippen LogP contribution in [0, 0.1) is 0 Å². The first-order valence-corrected chi connectivity index (χ1v) is 6.26. The molecule has 0 aliphatic rings. The summed E-state index contributed by atoms with van der Waals surface area (Å²) in [6.07, 6.45) is 0. The molecular weight excluding hydrogens is 254 g/mol. The molecule has 0 saturated carbocycles. The van der Waals surface area contributed by atoms with E-state index < -0.39 is 6.03 Å². The Labute approximate surface area is 117 Å². The molecule has 1 unspecified atom stereocenters. The maximum absolute atomic E-state index is 10.7.